The summed E-state index contributed by atoms with van der Waals surface area (Å²) in [6, 6.07) is 15.6. The zero-order valence-corrected chi connectivity index (χ0v) is 17.7. The molecule has 1 atom stereocenters. The molecular weight excluding hydrogens is 404 g/mol. The Kier molecular flexibility index (Phi) is 8.16. The van der Waals surface area contributed by atoms with E-state index in [0.717, 1.165) is 26.9 Å². The zero-order chi connectivity index (χ0) is 19.9. The SMILES string of the molecule is CN([C@H](C(=O)NCCSCc1ccccc1Cl)c1ccccc1)S(C)(=O)=O. The van der Waals surface area contributed by atoms with Crippen molar-refractivity contribution in [2.45, 2.75) is 11.8 Å². The number of likely N-dealkylation sites (N-methyl/N-ethyl adjacent to an activating group) is 1. The fourth-order valence-corrected chi connectivity index (χ4v) is 4.24. The van der Waals surface area contributed by atoms with Gasteiger partial charge in [-0.3, -0.25) is 4.79 Å². The molecule has 0 aromatic heterocycles. The molecule has 0 saturated carbocycles. The van der Waals surface area contributed by atoms with Crippen molar-refractivity contribution in [1.29, 1.82) is 0 Å². The minimum atomic E-state index is -3.52. The fourth-order valence-electron chi connectivity index (χ4n) is 2.49. The summed E-state index contributed by atoms with van der Waals surface area (Å²) < 4.78 is 25.0. The van der Waals surface area contributed by atoms with Gasteiger partial charge in [-0.05, 0) is 17.2 Å². The van der Waals surface area contributed by atoms with Crippen molar-refractivity contribution in [3.8, 4) is 0 Å². The monoisotopic (exact) mass is 426 g/mol. The van der Waals surface area contributed by atoms with Crippen LogP contribution >= 0.6 is 23.4 Å². The first-order chi connectivity index (χ1) is 12.8. The molecule has 8 heteroatoms. The van der Waals surface area contributed by atoms with Crippen LogP contribution in [0.2, 0.25) is 5.02 Å². The van der Waals surface area contributed by atoms with E-state index < -0.39 is 16.1 Å². The minimum Gasteiger partial charge on any atom is -0.354 e. The molecule has 2 rings (SSSR count). The molecule has 1 N–H and O–H groups in total. The average molecular weight is 427 g/mol. The van der Waals surface area contributed by atoms with E-state index in [1.54, 1.807) is 36.0 Å². The zero-order valence-electron chi connectivity index (χ0n) is 15.3. The van der Waals surface area contributed by atoms with Gasteiger partial charge in [0.1, 0.15) is 6.04 Å². The summed E-state index contributed by atoms with van der Waals surface area (Å²) in [5.74, 6) is 1.11. The second-order valence-corrected chi connectivity index (χ2v) is 9.58. The molecule has 0 unspecified atom stereocenters. The van der Waals surface area contributed by atoms with Gasteiger partial charge in [-0.15, -0.1) is 0 Å². The first kappa shape index (κ1) is 21.8. The van der Waals surface area contributed by atoms with E-state index in [1.807, 2.05) is 30.3 Å². The average Bonchev–Trinajstić information content (AvgIpc) is 2.63. The molecule has 27 heavy (non-hydrogen) atoms. The van der Waals surface area contributed by atoms with Gasteiger partial charge in [0.2, 0.25) is 15.9 Å². The number of halogens is 1. The highest BCUT2D eigenvalue weighted by molar-refractivity contribution is 7.98. The lowest BCUT2D eigenvalue weighted by molar-refractivity contribution is -0.124. The highest BCUT2D eigenvalue weighted by atomic mass is 35.5. The molecule has 146 valence electrons. The maximum atomic E-state index is 12.7. The van der Waals surface area contributed by atoms with Crippen LogP contribution in [0.15, 0.2) is 54.6 Å². The van der Waals surface area contributed by atoms with Gasteiger partial charge in [-0.2, -0.15) is 16.1 Å². The number of thioether (sulfide) groups is 1. The molecule has 0 saturated heterocycles. The molecule has 0 aliphatic heterocycles. The highest BCUT2D eigenvalue weighted by Gasteiger charge is 2.30. The van der Waals surface area contributed by atoms with E-state index in [0.29, 0.717) is 17.9 Å². The van der Waals surface area contributed by atoms with Gasteiger partial charge in [-0.25, -0.2) is 8.42 Å². The lowest BCUT2D eigenvalue weighted by Gasteiger charge is -2.25. The Bertz CT molecular complexity index is 860. The van der Waals surface area contributed by atoms with Crippen LogP contribution in [0, 0.1) is 0 Å². The van der Waals surface area contributed by atoms with Crippen molar-refractivity contribution >= 4 is 39.3 Å². The summed E-state index contributed by atoms with van der Waals surface area (Å²) in [6.45, 7) is 0.439. The number of nitrogens with zero attached hydrogens (tertiary/aromatic N) is 1. The molecule has 0 spiro atoms. The van der Waals surface area contributed by atoms with Crippen LogP contribution in [-0.2, 0) is 20.6 Å². The van der Waals surface area contributed by atoms with E-state index in [2.05, 4.69) is 5.32 Å². The standard InChI is InChI=1S/C19H23ClN2O3S2/c1-22(27(2,24)25)18(15-8-4-3-5-9-15)19(23)21-12-13-26-14-16-10-6-7-11-17(16)20/h3-11,18H,12-14H2,1-2H3,(H,21,23)/t18-/m0/s1. The Hall–Kier alpha value is -1.54. The maximum absolute atomic E-state index is 12.7. The van der Waals surface area contributed by atoms with Crippen molar-refractivity contribution < 1.29 is 13.2 Å². The Morgan fingerprint density at radius 3 is 2.41 bits per heavy atom. The largest absolute Gasteiger partial charge is 0.354 e. The van der Waals surface area contributed by atoms with Gasteiger partial charge in [0.05, 0.1) is 6.26 Å². The van der Waals surface area contributed by atoms with Crippen molar-refractivity contribution in [2.75, 3.05) is 25.6 Å². The lowest BCUT2D eigenvalue weighted by Crippen LogP contribution is -2.41. The molecule has 0 fully saturated rings. The number of rotatable bonds is 9. The summed E-state index contributed by atoms with van der Waals surface area (Å²) in [5.41, 5.74) is 1.68. The number of hydrogen-bond acceptors (Lipinski definition) is 4. The normalized spacial score (nSPS) is 12.7. The van der Waals surface area contributed by atoms with Crippen LogP contribution in [0.5, 0.6) is 0 Å². The van der Waals surface area contributed by atoms with Crippen molar-refractivity contribution in [1.82, 2.24) is 9.62 Å². The third-order valence-corrected chi connectivity index (χ3v) is 6.65. The lowest BCUT2D eigenvalue weighted by atomic mass is 10.1. The summed E-state index contributed by atoms with van der Waals surface area (Å²) in [6.07, 6.45) is 1.09. The quantitative estimate of drug-likeness (QED) is 0.624. The minimum absolute atomic E-state index is 0.340. The van der Waals surface area contributed by atoms with E-state index in [9.17, 15) is 13.2 Å². The van der Waals surface area contributed by atoms with Gasteiger partial charge in [0.25, 0.3) is 0 Å². The van der Waals surface area contributed by atoms with Gasteiger partial charge >= 0.3 is 0 Å². The van der Waals surface area contributed by atoms with Crippen molar-refractivity contribution in [3.05, 3.63) is 70.7 Å². The topological polar surface area (TPSA) is 66.5 Å². The third-order valence-electron chi connectivity index (χ3n) is 4.01. The highest BCUT2D eigenvalue weighted by Crippen LogP contribution is 2.22. The number of hydrogen-bond donors (Lipinski definition) is 1. The number of amides is 1. The number of carbonyl (C=O) groups is 1. The van der Waals surface area contributed by atoms with Crippen LogP contribution in [0.4, 0.5) is 0 Å². The molecule has 0 aliphatic carbocycles. The Balaban J connectivity index is 1.93. The van der Waals surface area contributed by atoms with Crippen LogP contribution in [0.3, 0.4) is 0 Å². The molecule has 0 aliphatic rings. The maximum Gasteiger partial charge on any atom is 0.243 e. The Morgan fingerprint density at radius 1 is 1.15 bits per heavy atom. The molecule has 2 aromatic carbocycles. The van der Waals surface area contributed by atoms with E-state index >= 15 is 0 Å². The smallest absolute Gasteiger partial charge is 0.243 e. The predicted molar refractivity (Wildman–Crippen MR) is 112 cm³/mol. The van der Waals surface area contributed by atoms with Crippen LogP contribution in [0.1, 0.15) is 17.2 Å². The third kappa shape index (κ3) is 6.53. The second kappa shape index (κ2) is 10.1. The first-order valence-corrected chi connectivity index (χ1v) is 11.8. The van der Waals surface area contributed by atoms with Gasteiger partial charge in [0.15, 0.2) is 0 Å². The second-order valence-electron chi connectivity index (χ2n) is 6.03. The molecule has 0 heterocycles. The Morgan fingerprint density at radius 2 is 1.78 bits per heavy atom. The number of carbonyl (C=O) groups excluding carboxylic acids is 1. The number of sulfonamides is 1. The summed E-state index contributed by atoms with van der Waals surface area (Å²) in [7, 11) is -2.10. The number of benzene rings is 2. The molecule has 5 nitrogen and oxygen atoms in total. The molecular formula is C19H23ClN2O3S2. The summed E-state index contributed by atoms with van der Waals surface area (Å²) in [4.78, 5) is 12.7. The van der Waals surface area contributed by atoms with Gasteiger partial charge in [-0.1, -0.05) is 60.1 Å². The van der Waals surface area contributed by atoms with E-state index in [4.69, 9.17) is 11.6 Å². The summed E-state index contributed by atoms with van der Waals surface area (Å²) >= 11 is 7.78. The first-order valence-electron chi connectivity index (χ1n) is 8.37. The molecule has 0 bridgehead atoms. The van der Waals surface area contributed by atoms with Crippen LogP contribution in [0.25, 0.3) is 0 Å². The Labute approximate surface area is 170 Å². The van der Waals surface area contributed by atoms with Crippen LogP contribution < -0.4 is 5.32 Å². The van der Waals surface area contributed by atoms with Crippen molar-refractivity contribution in [2.24, 2.45) is 0 Å². The van der Waals surface area contributed by atoms with Gasteiger partial charge < -0.3 is 5.32 Å². The fraction of sp³-hybridized carbons (Fsp3) is 0.316. The summed E-state index contributed by atoms with van der Waals surface area (Å²) in [5, 5.41) is 3.57. The van der Waals surface area contributed by atoms with Gasteiger partial charge in [0, 0.05) is 30.1 Å². The van der Waals surface area contributed by atoms with E-state index in [1.165, 1.54) is 7.05 Å². The molecule has 1 amide bonds. The van der Waals surface area contributed by atoms with E-state index in [-0.39, 0.29) is 5.91 Å². The van der Waals surface area contributed by atoms with Crippen LogP contribution in [-0.4, -0.2) is 44.2 Å². The molecule has 2 aromatic rings. The number of nitrogens with one attached hydrogen (secondary N) is 1. The molecule has 0 radical (unpaired) electrons. The predicted octanol–water partition coefficient (Wildman–Crippen LogP) is 3.32. The van der Waals surface area contributed by atoms with Crippen molar-refractivity contribution in [3.63, 3.8) is 0 Å².